The second kappa shape index (κ2) is 4.67. The molecule has 0 radical (unpaired) electrons. The summed E-state index contributed by atoms with van der Waals surface area (Å²) in [6.45, 7) is 6.00. The first-order chi connectivity index (χ1) is 2.91. The Hall–Kier alpha value is -0.325. The van der Waals surface area contributed by atoms with E-state index in [1.165, 1.54) is 0 Å². The SMILES string of the molecule is CC=BC=CC. The van der Waals surface area contributed by atoms with E-state index < -0.39 is 0 Å². The maximum absolute atomic E-state index is 2.00. The van der Waals surface area contributed by atoms with Crippen LogP contribution in [-0.2, 0) is 0 Å². The van der Waals surface area contributed by atoms with Gasteiger partial charge >= 0.3 is 38.8 Å². The van der Waals surface area contributed by atoms with Crippen LogP contribution in [0.4, 0.5) is 0 Å². The predicted octanol–water partition coefficient (Wildman–Crippen LogP) is 1.05. The predicted molar refractivity (Wildman–Crippen MR) is 32.3 cm³/mol. The van der Waals surface area contributed by atoms with Crippen LogP contribution < -0.4 is 0 Å². The van der Waals surface area contributed by atoms with E-state index in [1.807, 2.05) is 38.8 Å². The molecule has 0 nitrogen and oxygen atoms in total. The van der Waals surface area contributed by atoms with Crippen molar-refractivity contribution in [3.8, 4) is 0 Å². The zero-order valence-corrected chi connectivity index (χ0v) is 4.31. The Morgan fingerprint density at radius 1 is 1.33 bits per heavy atom. The van der Waals surface area contributed by atoms with Crippen molar-refractivity contribution in [2.75, 3.05) is 0 Å². The van der Waals surface area contributed by atoms with Crippen LogP contribution in [0.3, 0.4) is 0 Å². The van der Waals surface area contributed by atoms with Gasteiger partial charge in [0.15, 0.2) is 0 Å². The second-order valence-electron chi connectivity index (χ2n) is 1.05. The summed E-state index contributed by atoms with van der Waals surface area (Å²) >= 11 is 0. The standard InChI is InChI=1S/C5H9B/c1-3-5-6-4-2/h3-5H,1-2H3. The normalized spacial score (nSPS) is 10.3. The maximum atomic E-state index is 2.00. The first-order valence-corrected chi connectivity index (χ1v) is 2.15. The molecule has 1 heteroatoms. The van der Waals surface area contributed by atoms with Gasteiger partial charge in [-0.2, -0.15) is 0 Å². The van der Waals surface area contributed by atoms with Crippen molar-refractivity contribution < 1.29 is 0 Å². The molecule has 0 aliphatic carbocycles. The van der Waals surface area contributed by atoms with E-state index in [0.717, 1.165) is 0 Å². The summed E-state index contributed by atoms with van der Waals surface area (Å²) in [6, 6.07) is 0. The van der Waals surface area contributed by atoms with E-state index in [4.69, 9.17) is 0 Å². The molecule has 0 N–H and O–H groups in total. The average Bonchev–Trinajstić information content (AvgIpc) is 1.61. The Balaban J connectivity index is 3.07. The van der Waals surface area contributed by atoms with Crippen molar-refractivity contribution in [1.29, 1.82) is 0 Å². The topological polar surface area (TPSA) is 0 Å². The van der Waals surface area contributed by atoms with E-state index in [0.29, 0.717) is 0 Å². The van der Waals surface area contributed by atoms with E-state index in [1.54, 1.807) is 0 Å². The van der Waals surface area contributed by atoms with Gasteiger partial charge in [0.2, 0.25) is 0 Å². The minimum absolute atomic E-state index is 2.00. The van der Waals surface area contributed by atoms with Crippen LogP contribution in [-0.4, -0.2) is 12.9 Å². The molecule has 32 valence electrons. The third-order valence-corrected chi connectivity index (χ3v) is 0.496. The van der Waals surface area contributed by atoms with Gasteiger partial charge in [0.05, 0.1) is 0 Å². The fourth-order valence-corrected chi connectivity index (χ4v) is 0.222. The molecule has 0 atom stereocenters. The van der Waals surface area contributed by atoms with Crippen molar-refractivity contribution in [3.05, 3.63) is 12.1 Å². The van der Waals surface area contributed by atoms with Crippen molar-refractivity contribution >= 4 is 12.9 Å². The van der Waals surface area contributed by atoms with Gasteiger partial charge in [0.25, 0.3) is 0 Å². The zero-order chi connectivity index (χ0) is 4.83. The van der Waals surface area contributed by atoms with Gasteiger partial charge in [-0.3, -0.25) is 0 Å². The summed E-state index contributed by atoms with van der Waals surface area (Å²) in [6.07, 6.45) is 2.00. The van der Waals surface area contributed by atoms with Gasteiger partial charge in [-0.25, -0.2) is 0 Å². The molecule has 0 spiro atoms. The van der Waals surface area contributed by atoms with Gasteiger partial charge in [-0.15, -0.1) is 0 Å². The van der Waals surface area contributed by atoms with E-state index in [9.17, 15) is 0 Å². The van der Waals surface area contributed by atoms with E-state index >= 15 is 0 Å². The molecule has 0 rings (SSSR count). The Morgan fingerprint density at radius 3 is 2.17 bits per heavy atom. The zero-order valence-electron chi connectivity index (χ0n) is 4.31. The third kappa shape index (κ3) is 3.67. The molecule has 0 unspecified atom stereocenters. The Kier molecular flexibility index (Phi) is 4.42. The average molecular weight is 79.9 g/mol. The molecule has 0 aliphatic rings. The van der Waals surface area contributed by atoms with E-state index in [2.05, 4.69) is 0 Å². The molecular formula is C5H9B. The van der Waals surface area contributed by atoms with Crippen molar-refractivity contribution in [3.63, 3.8) is 0 Å². The van der Waals surface area contributed by atoms with Crippen molar-refractivity contribution in [1.82, 2.24) is 0 Å². The molecule has 0 heterocycles. The molecule has 0 aliphatic heterocycles. The Bertz CT molecular complexity index is 52.3. The first kappa shape index (κ1) is 5.67. The molecule has 0 fully saturated rings. The minimum atomic E-state index is 2.00. The van der Waals surface area contributed by atoms with Crippen LogP contribution in [0.15, 0.2) is 12.1 Å². The number of allylic oxidation sites excluding steroid dienone is 1. The Morgan fingerprint density at radius 2 is 2.00 bits per heavy atom. The number of hydrogen-bond acceptors (Lipinski definition) is 0. The summed E-state index contributed by atoms with van der Waals surface area (Å²) in [5, 5.41) is 0. The summed E-state index contributed by atoms with van der Waals surface area (Å²) in [5.74, 6) is 4.00. The summed E-state index contributed by atoms with van der Waals surface area (Å²) in [5.41, 5.74) is 0. The van der Waals surface area contributed by atoms with Gasteiger partial charge < -0.3 is 0 Å². The van der Waals surface area contributed by atoms with Gasteiger partial charge in [-0.1, -0.05) is 0 Å². The molecule has 0 amide bonds. The van der Waals surface area contributed by atoms with Crippen LogP contribution in [0.1, 0.15) is 13.8 Å². The number of hydrogen-bond donors (Lipinski definition) is 0. The molecule has 0 aromatic rings. The summed E-state index contributed by atoms with van der Waals surface area (Å²) < 4.78 is 0. The molecule has 6 heavy (non-hydrogen) atoms. The third-order valence-electron chi connectivity index (χ3n) is 0.496. The molecule has 0 saturated carbocycles. The quantitative estimate of drug-likeness (QED) is 0.413. The van der Waals surface area contributed by atoms with Crippen LogP contribution >= 0.6 is 0 Å². The van der Waals surface area contributed by atoms with E-state index in [-0.39, 0.29) is 0 Å². The van der Waals surface area contributed by atoms with Crippen molar-refractivity contribution in [2.24, 2.45) is 0 Å². The fourth-order valence-electron chi connectivity index (χ4n) is 0.222. The molecule has 0 saturated heterocycles. The number of rotatable bonds is 1. The van der Waals surface area contributed by atoms with Crippen LogP contribution in [0.5, 0.6) is 0 Å². The van der Waals surface area contributed by atoms with Gasteiger partial charge in [0, 0.05) is 0 Å². The van der Waals surface area contributed by atoms with Crippen LogP contribution in [0, 0.1) is 0 Å². The fraction of sp³-hybridized carbons (Fsp3) is 0.400. The van der Waals surface area contributed by atoms with Crippen LogP contribution in [0.25, 0.3) is 0 Å². The van der Waals surface area contributed by atoms with Gasteiger partial charge in [0.1, 0.15) is 0 Å². The second-order valence-corrected chi connectivity index (χ2v) is 1.05. The summed E-state index contributed by atoms with van der Waals surface area (Å²) in [4.78, 5) is 0. The van der Waals surface area contributed by atoms with Gasteiger partial charge in [-0.05, 0) is 0 Å². The molecule has 0 aromatic carbocycles. The Labute approximate surface area is 39.8 Å². The molecule has 0 aromatic heterocycles. The molecular weight excluding hydrogens is 70.9 g/mol. The summed E-state index contributed by atoms with van der Waals surface area (Å²) in [7, 11) is 0. The first-order valence-electron chi connectivity index (χ1n) is 2.15. The monoisotopic (exact) mass is 80.1 g/mol. The van der Waals surface area contributed by atoms with Crippen molar-refractivity contribution in [2.45, 2.75) is 13.8 Å². The van der Waals surface area contributed by atoms with Crippen LogP contribution in [0.2, 0.25) is 0 Å². The molecule has 0 bridgehead atoms.